The third kappa shape index (κ3) is 4.84. The summed E-state index contributed by atoms with van der Waals surface area (Å²) in [4.78, 5) is 7.64. The van der Waals surface area contributed by atoms with Crippen LogP contribution < -0.4 is 9.47 Å². The molecule has 0 fully saturated rings. The Labute approximate surface area is 160 Å². The van der Waals surface area contributed by atoms with Crippen molar-refractivity contribution in [2.45, 2.75) is 26.6 Å². The van der Waals surface area contributed by atoms with Gasteiger partial charge in [0.15, 0.2) is 11.5 Å². The lowest BCUT2D eigenvalue weighted by Crippen LogP contribution is -2.18. The minimum absolute atomic E-state index is 0.0202. The van der Waals surface area contributed by atoms with Crippen LogP contribution in [0.4, 0.5) is 8.78 Å². The molecule has 0 amide bonds. The highest BCUT2D eigenvalue weighted by Gasteiger charge is 2.15. The average molecular weight is 394 g/mol. The molecule has 5 nitrogen and oxygen atoms in total. The molecular formula is C19H20F2N2O3S. The quantitative estimate of drug-likeness (QED) is 0.541. The van der Waals surface area contributed by atoms with Gasteiger partial charge in [-0.1, -0.05) is 12.1 Å². The number of ether oxygens (including phenoxy) is 2. The van der Waals surface area contributed by atoms with Crippen molar-refractivity contribution in [3.63, 3.8) is 0 Å². The molecule has 0 aliphatic rings. The van der Waals surface area contributed by atoms with Gasteiger partial charge in [0.1, 0.15) is 5.76 Å². The number of hydrogen-bond donors (Lipinski definition) is 0. The minimum Gasteiger partial charge on any atom is -0.493 e. The van der Waals surface area contributed by atoms with Gasteiger partial charge in [0.25, 0.3) is 0 Å². The molecule has 2 aromatic heterocycles. The molecule has 0 saturated heterocycles. The van der Waals surface area contributed by atoms with E-state index in [9.17, 15) is 8.78 Å². The Morgan fingerprint density at radius 3 is 2.70 bits per heavy atom. The summed E-state index contributed by atoms with van der Waals surface area (Å²) in [6.07, 6.45) is 0. The smallest absolute Gasteiger partial charge is 0.387 e. The molecular weight excluding hydrogens is 374 g/mol. The Balaban J connectivity index is 1.68. The number of nitrogens with zero attached hydrogens (tertiary/aromatic N) is 2. The second kappa shape index (κ2) is 8.49. The van der Waals surface area contributed by atoms with Crippen LogP contribution in [0.3, 0.4) is 0 Å². The van der Waals surface area contributed by atoms with E-state index in [4.69, 9.17) is 9.15 Å². The van der Waals surface area contributed by atoms with Gasteiger partial charge in [-0.15, -0.1) is 11.3 Å². The SMILES string of the molecule is COc1cc(CN(C)Cc2nc(-c3cccs3)oc2C)ccc1OC(F)F. The van der Waals surface area contributed by atoms with E-state index in [0.717, 1.165) is 21.9 Å². The molecule has 3 aromatic rings. The van der Waals surface area contributed by atoms with E-state index in [0.29, 0.717) is 19.0 Å². The summed E-state index contributed by atoms with van der Waals surface area (Å²) in [5.41, 5.74) is 1.78. The van der Waals surface area contributed by atoms with Crippen molar-refractivity contribution in [1.82, 2.24) is 9.88 Å². The number of rotatable bonds is 8. The lowest BCUT2D eigenvalue weighted by atomic mass is 10.2. The van der Waals surface area contributed by atoms with Gasteiger partial charge in [-0.2, -0.15) is 8.78 Å². The fourth-order valence-electron chi connectivity index (χ4n) is 2.71. The van der Waals surface area contributed by atoms with Gasteiger partial charge < -0.3 is 13.9 Å². The average Bonchev–Trinajstić information content (AvgIpc) is 3.26. The molecule has 2 heterocycles. The van der Waals surface area contributed by atoms with E-state index in [2.05, 4.69) is 14.6 Å². The molecule has 3 rings (SSSR count). The molecule has 0 bridgehead atoms. The summed E-state index contributed by atoms with van der Waals surface area (Å²) < 4.78 is 40.2. The number of thiophene rings is 1. The van der Waals surface area contributed by atoms with Gasteiger partial charge >= 0.3 is 6.61 Å². The van der Waals surface area contributed by atoms with E-state index in [1.54, 1.807) is 23.5 Å². The standard InChI is InChI=1S/C19H20F2N2O3S/c1-12-14(22-18(25-12)17-5-4-8-27-17)11-23(2)10-13-6-7-15(26-19(20)21)16(9-13)24-3/h4-9,19H,10-11H2,1-3H3. The van der Waals surface area contributed by atoms with E-state index >= 15 is 0 Å². The van der Waals surface area contributed by atoms with Crippen LogP contribution in [0, 0.1) is 6.92 Å². The lowest BCUT2D eigenvalue weighted by Gasteiger charge is -2.17. The molecule has 0 aliphatic heterocycles. The van der Waals surface area contributed by atoms with Crippen molar-refractivity contribution in [3.8, 4) is 22.3 Å². The zero-order chi connectivity index (χ0) is 19.4. The van der Waals surface area contributed by atoms with Crippen LogP contribution in [0.5, 0.6) is 11.5 Å². The molecule has 1 aromatic carbocycles. The zero-order valence-electron chi connectivity index (χ0n) is 15.2. The number of benzene rings is 1. The minimum atomic E-state index is -2.89. The van der Waals surface area contributed by atoms with Crippen LogP contribution in [0.25, 0.3) is 10.8 Å². The number of alkyl halides is 2. The summed E-state index contributed by atoms with van der Waals surface area (Å²) in [5, 5.41) is 1.98. The molecule has 0 saturated carbocycles. The summed E-state index contributed by atoms with van der Waals surface area (Å²) in [6, 6.07) is 8.85. The number of aryl methyl sites for hydroxylation is 1. The van der Waals surface area contributed by atoms with E-state index in [1.807, 2.05) is 31.5 Å². The van der Waals surface area contributed by atoms with E-state index < -0.39 is 6.61 Å². The third-order valence-electron chi connectivity index (χ3n) is 3.94. The predicted octanol–water partition coefficient (Wildman–Crippen LogP) is 4.95. The van der Waals surface area contributed by atoms with Gasteiger partial charge in [-0.25, -0.2) is 4.98 Å². The van der Waals surface area contributed by atoms with Crippen LogP contribution in [0.2, 0.25) is 0 Å². The van der Waals surface area contributed by atoms with Gasteiger partial charge in [-0.05, 0) is 43.1 Å². The molecule has 0 spiro atoms. The Kier molecular flexibility index (Phi) is 6.08. The second-order valence-corrected chi connectivity index (χ2v) is 6.98. The maximum Gasteiger partial charge on any atom is 0.387 e. The first-order valence-electron chi connectivity index (χ1n) is 8.26. The van der Waals surface area contributed by atoms with Crippen molar-refractivity contribution < 1.29 is 22.7 Å². The summed E-state index contributed by atoms with van der Waals surface area (Å²) in [6.45, 7) is 0.192. The Hall–Kier alpha value is -2.45. The van der Waals surface area contributed by atoms with Gasteiger partial charge in [0.05, 0.1) is 17.7 Å². The van der Waals surface area contributed by atoms with Gasteiger partial charge in [0, 0.05) is 13.1 Å². The second-order valence-electron chi connectivity index (χ2n) is 6.04. The number of methoxy groups -OCH3 is 1. The fourth-order valence-corrected chi connectivity index (χ4v) is 3.36. The van der Waals surface area contributed by atoms with Crippen LogP contribution in [-0.4, -0.2) is 30.7 Å². The van der Waals surface area contributed by atoms with Crippen LogP contribution in [0.1, 0.15) is 17.0 Å². The lowest BCUT2D eigenvalue weighted by molar-refractivity contribution is -0.0512. The van der Waals surface area contributed by atoms with Crippen molar-refractivity contribution in [2.75, 3.05) is 14.2 Å². The Morgan fingerprint density at radius 1 is 1.22 bits per heavy atom. The largest absolute Gasteiger partial charge is 0.493 e. The number of halogens is 2. The zero-order valence-corrected chi connectivity index (χ0v) is 16.1. The first-order valence-corrected chi connectivity index (χ1v) is 9.14. The highest BCUT2D eigenvalue weighted by atomic mass is 32.1. The summed E-state index contributed by atoms with van der Waals surface area (Å²) in [5.74, 6) is 1.70. The molecule has 0 aliphatic carbocycles. The van der Waals surface area contributed by atoms with Crippen molar-refractivity contribution in [1.29, 1.82) is 0 Å². The number of hydrogen-bond acceptors (Lipinski definition) is 6. The van der Waals surface area contributed by atoms with Crippen LogP contribution >= 0.6 is 11.3 Å². The van der Waals surface area contributed by atoms with Gasteiger partial charge in [0.2, 0.25) is 5.89 Å². The molecule has 0 N–H and O–H groups in total. The molecule has 0 atom stereocenters. The number of aromatic nitrogens is 1. The fraction of sp³-hybridized carbons (Fsp3) is 0.316. The summed E-state index contributed by atoms with van der Waals surface area (Å²) in [7, 11) is 3.38. The first kappa shape index (κ1) is 19.3. The third-order valence-corrected chi connectivity index (χ3v) is 4.80. The van der Waals surface area contributed by atoms with E-state index in [-0.39, 0.29) is 11.5 Å². The van der Waals surface area contributed by atoms with Crippen molar-refractivity contribution in [3.05, 3.63) is 52.7 Å². The Morgan fingerprint density at radius 2 is 2.04 bits per heavy atom. The van der Waals surface area contributed by atoms with Gasteiger partial charge in [-0.3, -0.25) is 4.90 Å². The highest BCUT2D eigenvalue weighted by Crippen LogP contribution is 2.30. The van der Waals surface area contributed by atoms with Crippen LogP contribution in [0.15, 0.2) is 40.1 Å². The van der Waals surface area contributed by atoms with E-state index in [1.165, 1.54) is 13.2 Å². The molecule has 144 valence electrons. The first-order chi connectivity index (χ1) is 13.0. The molecule has 0 radical (unpaired) electrons. The maximum absolute atomic E-state index is 12.4. The molecule has 8 heteroatoms. The van der Waals surface area contributed by atoms with Crippen LogP contribution in [-0.2, 0) is 13.1 Å². The maximum atomic E-state index is 12.4. The monoisotopic (exact) mass is 394 g/mol. The number of oxazole rings is 1. The highest BCUT2D eigenvalue weighted by molar-refractivity contribution is 7.13. The van der Waals surface area contributed by atoms with Crippen molar-refractivity contribution in [2.24, 2.45) is 0 Å². The normalized spacial score (nSPS) is 11.4. The topological polar surface area (TPSA) is 47.7 Å². The summed E-state index contributed by atoms with van der Waals surface area (Å²) >= 11 is 1.58. The van der Waals surface area contributed by atoms with Crippen molar-refractivity contribution >= 4 is 11.3 Å². The predicted molar refractivity (Wildman–Crippen MR) is 99.4 cm³/mol. The Bertz CT molecular complexity index is 881. The molecule has 0 unspecified atom stereocenters. The molecule has 27 heavy (non-hydrogen) atoms.